The highest BCUT2D eigenvalue weighted by Gasteiger charge is 2.38. The molecule has 0 fully saturated rings. The molecule has 0 saturated heterocycles. The van der Waals surface area contributed by atoms with Crippen LogP contribution in [0.25, 0.3) is 0 Å². The third kappa shape index (κ3) is 6.67. The molecule has 2 aromatic carbocycles. The van der Waals surface area contributed by atoms with Crippen molar-refractivity contribution < 1.29 is 27.4 Å². The maximum atomic E-state index is 14.2. The topological polar surface area (TPSA) is 90.4 Å². The number of aliphatic hydroxyl groups is 1. The lowest BCUT2D eigenvalue weighted by Crippen LogP contribution is -2.50. The molecule has 37 heavy (non-hydrogen) atoms. The van der Waals surface area contributed by atoms with Gasteiger partial charge in [0.05, 0.1) is 25.3 Å². The first-order valence-electron chi connectivity index (χ1n) is 12.0. The van der Waals surface area contributed by atoms with E-state index < -0.39 is 33.9 Å². The van der Waals surface area contributed by atoms with Crippen LogP contribution in [0.4, 0.5) is 4.39 Å². The van der Waals surface area contributed by atoms with Crippen molar-refractivity contribution in [2.24, 2.45) is 5.92 Å². The fourth-order valence-corrected chi connectivity index (χ4v) is 5.84. The molecule has 10 heteroatoms. The number of ether oxygens (including phenoxy) is 1. The number of amides is 1. The number of carbonyl (C=O) groups excluding carboxylic acids is 1. The fraction of sp³-hybridized carbons (Fsp3) is 0.444. The number of hydrogen-bond donors (Lipinski definition) is 1. The SMILES string of the molecule is C[C@@H]1CN([C@@H](C)CO)S(=O)(=O)c2ccc(C#CCN(C)C)cc2O[C@H]1CN(C)C(=O)c1ccccc1F. The van der Waals surface area contributed by atoms with Gasteiger partial charge in [0.2, 0.25) is 10.0 Å². The summed E-state index contributed by atoms with van der Waals surface area (Å²) in [7, 11) is 1.35. The molecule has 3 rings (SSSR count). The number of carbonyl (C=O) groups is 1. The second-order valence-corrected chi connectivity index (χ2v) is 11.5. The van der Waals surface area contributed by atoms with E-state index in [1.807, 2.05) is 25.9 Å². The van der Waals surface area contributed by atoms with Crippen LogP contribution in [0.2, 0.25) is 0 Å². The molecular weight excluding hydrogens is 497 g/mol. The van der Waals surface area contributed by atoms with Crippen molar-refractivity contribution in [1.29, 1.82) is 0 Å². The Kier molecular flexibility index (Phi) is 9.31. The molecule has 8 nitrogen and oxygen atoms in total. The molecule has 1 aliphatic heterocycles. The largest absolute Gasteiger partial charge is 0.487 e. The predicted molar refractivity (Wildman–Crippen MR) is 139 cm³/mol. The van der Waals surface area contributed by atoms with Crippen LogP contribution in [0.3, 0.4) is 0 Å². The van der Waals surface area contributed by atoms with Crippen molar-refractivity contribution in [3.63, 3.8) is 0 Å². The first-order chi connectivity index (χ1) is 17.4. The number of hydrogen-bond acceptors (Lipinski definition) is 6. The highest BCUT2D eigenvalue weighted by molar-refractivity contribution is 7.89. The van der Waals surface area contributed by atoms with Crippen LogP contribution in [0.1, 0.15) is 29.8 Å². The van der Waals surface area contributed by atoms with Crippen LogP contribution in [-0.4, -0.2) is 93.1 Å². The summed E-state index contributed by atoms with van der Waals surface area (Å²) in [4.78, 5) is 16.2. The number of sulfonamides is 1. The Hall–Kier alpha value is -2.97. The minimum atomic E-state index is -3.99. The number of benzene rings is 2. The van der Waals surface area contributed by atoms with E-state index in [1.54, 1.807) is 32.2 Å². The van der Waals surface area contributed by atoms with Gasteiger partial charge in [0.25, 0.3) is 5.91 Å². The number of rotatable bonds is 6. The van der Waals surface area contributed by atoms with Crippen LogP contribution in [0.15, 0.2) is 47.4 Å². The van der Waals surface area contributed by atoms with E-state index in [0.29, 0.717) is 12.1 Å². The molecule has 0 bridgehead atoms. The zero-order chi connectivity index (χ0) is 27.3. The van der Waals surface area contributed by atoms with Gasteiger partial charge in [0, 0.05) is 31.1 Å². The molecule has 1 amide bonds. The van der Waals surface area contributed by atoms with E-state index in [2.05, 4.69) is 11.8 Å². The summed E-state index contributed by atoms with van der Waals surface area (Å²) in [5, 5.41) is 9.79. The van der Waals surface area contributed by atoms with Crippen molar-refractivity contribution in [2.45, 2.75) is 30.9 Å². The molecule has 0 saturated carbocycles. The lowest BCUT2D eigenvalue weighted by molar-refractivity contribution is 0.0560. The summed E-state index contributed by atoms with van der Waals surface area (Å²) >= 11 is 0. The Morgan fingerprint density at radius 3 is 2.59 bits per heavy atom. The van der Waals surface area contributed by atoms with Crippen LogP contribution in [0, 0.1) is 23.6 Å². The highest BCUT2D eigenvalue weighted by Crippen LogP contribution is 2.34. The van der Waals surface area contributed by atoms with Gasteiger partial charge in [-0.1, -0.05) is 30.9 Å². The molecular formula is C27H34FN3O5S. The maximum Gasteiger partial charge on any atom is 0.256 e. The van der Waals surface area contributed by atoms with Crippen molar-refractivity contribution in [2.75, 3.05) is 47.4 Å². The van der Waals surface area contributed by atoms with Gasteiger partial charge in [0.1, 0.15) is 22.6 Å². The molecule has 0 aromatic heterocycles. The average Bonchev–Trinajstić information content (AvgIpc) is 2.85. The molecule has 0 spiro atoms. The Bertz CT molecular complexity index is 1290. The molecule has 0 radical (unpaired) electrons. The van der Waals surface area contributed by atoms with E-state index in [4.69, 9.17) is 4.74 Å². The van der Waals surface area contributed by atoms with Gasteiger partial charge in [-0.15, -0.1) is 0 Å². The standard InChI is InChI=1S/C27H34FN3O5S/c1-19-16-31(20(2)18-32)37(34,35)26-13-12-21(9-8-14-29(3)4)15-24(26)36-25(19)17-30(5)27(33)22-10-6-7-11-23(22)28/h6-7,10-13,15,19-20,25,32H,14,16-18H2,1-5H3/t19-,20+,25+/m1/s1. The molecule has 0 aliphatic carbocycles. The summed E-state index contributed by atoms with van der Waals surface area (Å²) in [6.07, 6.45) is -0.617. The van der Waals surface area contributed by atoms with Crippen LogP contribution in [0.5, 0.6) is 5.75 Å². The highest BCUT2D eigenvalue weighted by atomic mass is 32.2. The quantitative estimate of drug-likeness (QED) is 0.576. The van der Waals surface area contributed by atoms with Gasteiger partial charge in [-0.2, -0.15) is 4.31 Å². The van der Waals surface area contributed by atoms with E-state index in [1.165, 1.54) is 33.5 Å². The summed E-state index contributed by atoms with van der Waals surface area (Å²) in [6, 6.07) is 9.75. The monoisotopic (exact) mass is 531 g/mol. The summed E-state index contributed by atoms with van der Waals surface area (Å²) in [5.74, 6) is 4.67. The van der Waals surface area contributed by atoms with Crippen molar-refractivity contribution in [3.8, 4) is 17.6 Å². The second-order valence-electron chi connectivity index (χ2n) is 9.61. The molecule has 0 unspecified atom stereocenters. The Balaban J connectivity index is 2.01. The summed E-state index contributed by atoms with van der Waals surface area (Å²) in [5.41, 5.74) is 0.528. The molecule has 1 N–H and O–H groups in total. The average molecular weight is 532 g/mol. The van der Waals surface area contributed by atoms with Gasteiger partial charge in [-0.25, -0.2) is 12.8 Å². The Morgan fingerprint density at radius 2 is 1.95 bits per heavy atom. The lowest BCUT2D eigenvalue weighted by atomic mass is 10.0. The maximum absolute atomic E-state index is 14.2. The minimum Gasteiger partial charge on any atom is -0.487 e. The zero-order valence-corrected chi connectivity index (χ0v) is 22.6. The van der Waals surface area contributed by atoms with E-state index in [0.717, 1.165) is 0 Å². The molecule has 2 aromatic rings. The van der Waals surface area contributed by atoms with E-state index >= 15 is 0 Å². The number of aliphatic hydroxyl groups excluding tert-OH is 1. The summed E-state index contributed by atoms with van der Waals surface area (Å²) in [6.45, 7) is 3.79. The Labute approximate surface area is 218 Å². The third-order valence-electron chi connectivity index (χ3n) is 6.20. The Morgan fingerprint density at radius 1 is 1.24 bits per heavy atom. The third-order valence-corrected chi connectivity index (χ3v) is 8.22. The lowest BCUT2D eigenvalue weighted by Gasteiger charge is -2.37. The van der Waals surface area contributed by atoms with Gasteiger partial charge in [-0.05, 0) is 51.4 Å². The smallest absolute Gasteiger partial charge is 0.256 e. The van der Waals surface area contributed by atoms with Crippen LogP contribution < -0.4 is 4.74 Å². The zero-order valence-electron chi connectivity index (χ0n) is 21.8. The first-order valence-corrected chi connectivity index (χ1v) is 13.5. The molecule has 1 heterocycles. The number of fused-ring (bicyclic) bond motifs is 1. The predicted octanol–water partition coefficient (Wildman–Crippen LogP) is 2.28. The van der Waals surface area contributed by atoms with Crippen molar-refractivity contribution in [3.05, 3.63) is 59.4 Å². The van der Waals surface area contributed by atoms with Gasteiger partial charge in [-0.3, -0.25) is 9.69 Å². The van der Waals surface area contributed by atoms with Crippen molar-refractivity contribution >= 4 is 15.9 Å². The van der Waals surface area contributed by atoms with Gasteiger partial charge in [0.15, 0.2) is 0 Å². The van der Waals surface area contributed by atoms with E-state index in [9.17, 15) is 22.7 Å². The fourth-order valence-electron chi connectivity index (χ4n) is 4.01. The number of nitrogens with zero attached hydrogens (tertiary/aromatic N) is 3. The van der Waals surface area contributed by atoms with Gasteiger partial charge < -0.3 is 14.7 Å². The normalized spacial score (nSPS) is 20.0. The molecule has 3 atom stereocenters. The number of halogens is 1. The van der Waals surface area contributed by atoms with Crippen LogP contribution >= 0.6 is 0 Å². The molecule has 200 valence electrons. The summed E-state index contributed by atoms with van der Waals surface area (Å²) < 4.78 is 48.9. The van der Waals surface area contributed by atoms with Crippen molar-refractivity contribution in [1.82, 2.24) is 14.1 Å². The number of likely N-dealkylation sites (N-methyl/N-ethyl adjacent to an activating group) is 1. The second kappa shape index (κ2) is 12.0. The molecule has 1 aliphatic rings. The van der Waals surface area contributed by atoms with Gasteiger partial charge >= 0.3 is 0 Å². The van der Waals surface area contributed by atoms with E-state index in [-0.39, 0.29) is 41.8 Å². The van der Waals surface area contributed by atoms with Crippen LogP contribution in [-0.2, 0) is 10.0 Å². The first kappa shape index (κ1) is 28.6. The minimum absolute atomic E-state index is 0.0362.